The maximum Gasteiger partial charge on any atom is 1.00 e. The maximum absolute atomic E-state index is 11.0. The normalized spacial score (nSPS) is 12.0. The second-order valence-corrected chi connectivity index (χ2v) is 9.05. The summed E-state index contributed by atoms with van der Waals surface area (Å²) in [4.78, 5) is 19.5. The van der Waals surface area contributed by atoms with Crippen LogP contribution in [0.5, 0.6) is 11.5 Å². The minimum atomic E-state index is -5.50. The molecule has 12 heteroatoms. The van der Waals surface area contributed by atoms with Crippen LogP contribution in [0, 0.1) is 0 Å². The molecule has 2 aromatic rings. The Kier molecular flexibility index (Phi) is 19.0. The summed E-state index contributed by atoms with van der Waals surface area (Å²) in [5, 5.41) is 0. The van der Waals surface area contributed by atoms with E-state index in [1.54, 1.807) is 36.4 Å². The van der Waals surface area contributed by atoms with E-state index in [-0.39, 0.29) is 161 Å². The van der Waals surface area contributed by atoms with E-state index in [4.69, 9.17) is 4.74 Å². The zero-order valence-corrected chi connectivity index (χ0v) is 27.2. The number of para-hydroxylation sites is 1. The molecule has 0 amide bonds. The number of hydrogen-bond donors (Lipinski definition) is 0. The molecule has 0 spiro atoms. The Morgan fingerprint density at radius 2 is 1.50 bits per heavy atom. The van der Waals surface area contributed by atoms with Crippen LogP contribution in [0.1, 0.15) is 18.4 Å². The van der Waals surface area contributed by atoms with Crippen LogP contribution in [0.25, 0.3) is 0 Å². The third-order valence-electron chi connectivity index (χ3n) is 3.48. The van der Waals surface area contributed by atoms with Gasteiger partial charge in [-0.1, -0.05) is 37.9 Å². The fourth-order valence-corrected chi connectivity index (χ4v) is 4.55. The standard InChI is InChI=1S/C16H19O7PS.3K/c17-24(18,19)16(25(20,21)22)11-5-7-13-6-4-10-15(12-13)23-14-8-2-1-3-9-14;;;/h1-4,6,8-10,12,16H,5,7,11H2,(H2,17,18,19)(H,20,21,22);;;/q;3*+1/p-3/t16-;;;/m0.../s1. The van der Waals surface area contributed by atoms with Crippen LogP contribution < -0.4 is 169 Å². The minimum absolute atomic E-state index is 0. The third kappa shape index (κ3) is 12.4. The zero-order valence-electron chi connectivity index (χ0n) is 16.1. The van der Waals surface area contributed by atoms with Crippen molar-refractivity contribution in [1.29, 1.82) is 0 Å². The van der Waals surface area contributed by atoms with E-state index in [1.165, 1.54) is 0 Å². The number of hydrogen-bond acceptors (Lipinski definition) is 7. The van der Waals surface area contributed by atoms with Crippen LogP contribution >= 0.6 is 7.60 Å². The van der Waals surface area contributed by atoms with E-state index in [0.29, 0.717) is 17.9 Å². The maximum atomic E-state index is 11.0. The van der Waals surface area contributed by atoms with Gasteiger partial charge in [-0.15, -0.1) is 0 Å². The van der Waals surface area contributed by atoms with E-state index in [2.05, 4.69) is 0 Å². The summed E-state index contributed by atoms with van der Waals surface area (Å²) in [6, 6.07) is 16.0. The van der Waals surface area contributed by atoms with Crippen molar-refractivity contribution in [2.45, 2.75) is 24.3 Å². The SMILES string of the molecule is O=P([O-])([O-])[C@H](CCCc1cccc(Oc2ccccc2)c1)S(=O)(=O)[O-].[K+].[K+].[K+]. The molecule has 0 saturated carbocycles. The van der Waals surface area contributed by atoms with Gasteiger partial charge in [0, 0.05) is 0 Å². The molecule has 28 heavy (non-hydrogen) atoms. The molecule has 0 aromatic heterocycles. The van der Waals surface area contributed by atoms with E-state index in [9.17, 15) is 27.3 Å². The molecule has 136 valence electrons. The molecule has 0 aliphatic heterocycles. The van der Waals surface area contributed by atoms with Crippen molar-refractivity contribution in [3.63, 3.8) is 0 Å². The molecule has 0 fully saturated rings. The van der Waals surface area contributed by atoms with Crippen LogP contribution in [0.3, 0.4) is 0 Å². The summed E-state index contributed by atoms with van der Waals surface area (Å²) < 4.78 is 49.4. The number of rotatable bonds is 8. The Bertz CT molecular complexity index is 860. The molecule has 0 saturated heterocycles. The van der Waals surface area contributed by atoms with Gasteiger partial charge in [-0.2, -0.15) is 0 Å². The molecule has 0 aliphatic rings. The Morgan fingerprint density at radius 3 is 2.04 bits per heavy atom. The number of ether oxygens (including phenoxy) is 1. The smallest absolute Gasteiger partial charge is 0.810 e. The van der Waals surface area contributed by atoms with Gasteiger partial charge < -0.3 is 23.6 Å². The fourth-order valence-electron chi connectivity index (χ4n) is 2.33. The van der Waals surface area contributed by atoms with Gasteiger partial charge in [-0.25, -0.2) is 8.42 Å². The Balaban J connectivity index is 0. The van der Waals surface area contributed by atoms with Crippen LogP contribution in [0.4, 0.5) is 0 Å². The summed E-state index contributed by atoms with van der Waals surface area (Å²) in [5.74, 6) is 1.21. The van der Waals surface area contributed by atoms with E-state index >= 15 is 0 Å². The van der Waals surface area contributed by atoms with E-state index in [0.717, 1.165) is 5.56 Å². The molecule has 0 bridgehead atoms. The van der Waals surface area contributed by atoms with Crippen molar-refractivity contribution < 1.29 is 186 Å². The minimum Gasteiger partial charge on any atom is -0.810 e. The molecule has 0 heterocycles. The average Bonchev–Trinajstić information content (AvgIpc) is 2.50. The molecule has 2 aromatic carbocycles. The number of aryl methyl sites for hydroxylation is 1. The van der Waals surface area contributed by atoms with Gasteiger partial charge in [0.05, 0.1) is 4.99 Å². The van der Waals surface area contributed by atoms with Crippen LogP contribution in [0.15, 0.2) is 54.6 Å². The molecule has 2 rings (SSSR count). The number of benzene rings is 2. The van der Waals surface area contributed by atoms with Gasteiger partial charge in [0.25, 0.3) is 0 Å². The first-order valence-electron chi connectivity index (χ1n) is 7.44. The third-order valence-corrected chi connectivity index (χ3v) is 6.89. The summed E-state index contributed by atoms with van der Waals surface area (Å²) >= 11 is 0. The Hall–Kier alpha value is 3.21. The molecular formula is C16H16K3O7PS. The summed E-state index contributed by atoms with van der Waals surface area (Å²) in [6.07, 6.45) is -0.159. The van der Waals surface area contributed by atoms with Gasteiger partial charge in [-0.05, 0) is 49.1 Å². The van der Waals surface area contributed by atoms with Crippen molar-refractivity contribution in [3.8, 4) is 11.5 Å². The molecule has 0 radical (unpaired) electrons. The Labute approximate surface area is 293 Å². The van der Waals surface area contributed by atoms with Crippen LogP contribution in [0.2, 0.25) is 0 Å². The van der Waals surface area contributed by atoms with Crippen molar-refractivity contribution >= 4 is 17.7 Å². The second kappa shape index (κ2) is 15.9. The first kappa shape index (κ1) is 33.4. The van der Waals surface area contributed by atoms with Crippen molar-refractivity contribution in [1.82, 2.24) is 0 Å². The Morgan fingerprint density at radius 1 is 0.929 bits per heavy atom. The molecule has 7 nitrogen and oxygen atoms in total. The fraction of sp³-hybridized carbons (Fsp3) is 0.250. The first-order chi connectivity index (χ1) is 11.7. The largest absolute Gasteiger partial charge is 1.00 e. The molecule has 1 atom stereocenters. The van der Waals surface area contributed by atoms with Crippen molar-refractivity contribution in [2.24, 2.45) is 0 Å². The monoisotopic (exact) mass is 500 g/mol. The molecule has 0 aliphatic carbocycles. The van der Waals surface area contributed by atoms with Gasteiger partial charge in [0.15, 0.2) is 0 Å². The predicted octanol–water partition coefficient (Wildman–Crippen LogP) is -7.40. The predicted molar refractivity (Wildman–Crippen MR) is 87.0 cm³/mol. The quantitative estimate of drug-likeness (QED) is 0.200. The summed E-state index contributed by atoms with van der Waals surface area (Å²) in [5.41, 5.74) is 0.766. The van der Waals surface area contributed by atoms with Gasteiger partial charge >= 0.3 is 154 Å². The zero-order chi connectivity index (χ0) is 18.5. The first-order valence-corrected chi connectivity index (χ1v) is 10.5. The summed E-state index contributed by atoms with van der Waals surface area (Å²) in [7, 11) is -10.7. The molecular weight excluding hydrogens is 485 g/mol. The van der Waals surface area contributed by atoms with E-state index < -0.39 is 29.1 Å². The van der Waals surface area contributed by atoms with E-state index in [1.807, 2.05) is 18.2 Å². The van der Waals surface area contributed by atoms with Crippen LogP contribution in [-0.2, 0) is 21.1 Å². The molecule has 0 unspecified atom stereocenters. The van der Waals surface area contributed by atoms with Gasteiger partial charge in [-0.3, -0.25) is 0 Å². The topological polar surface area (TPSA) is 130 Å². The summed E-state index contributed by atoms with van der Waals surface area (Å²) in [6.45, 7) is 0. The second-order valence-electron chi connectivity index (χ2n) is 5.44. The average molecular weight is 501 g/mol. The van der Waals surface area contributed by atoms with Crippen molar-refractivity contribution in [2.75, 3.05) is 0 Å². The van der Waals surface area contributed by atoms with Crippen LogP contribution in [-0.4, -0.2) is 18.0 Å². The molecule has 0 N–H and O–H groups in total. The van der Waals surface area contributed by atoms with Crippen molar-refractivity contribution in [3.05, 3.63) is 60.2 Å². The van der Waals surface area contributed by atoms with Gasteiger partial charge in [0.1, 0.15) is 21.6 Å². The van der Waals surface area contributed by atoms with Gasteiger partial charge in [0.2, 0.25) is 0 Å².